The number of hydrogen-bond donors (Lipinski definition) is 9. The number of nitrogens with one attached hydrogen (secondary N) is 4. The van der Waals surface area contributed by atoms with Crippen LogP contribution in [-0.4, -0.2) is 82.7 Å². The number of aromatic nitrogens is 4. The second kappa shape index (κ2) is 8.58. The molecular formula is C21H21N5O10. The van der Waals surface area contributed by atoms with Gasteiger partial charge >= 0.3 is 11.4 Å². The van der Waals surface area contributed by atoms with Crippen LogP contribution < -0.4 is 27.4 Å². The van der Waals surface area contributed by atoms with Gasteiger partial charge in [0, 0.05) is 0 Å². The number of ether oxygens (including phenoxy) is 1. The maximum absolute atomic E-state index is 13.1. The van der Waals surface area contributed by atoms with E-state index in [0.717, 1.165) is 4.90 Å². The Morgan fingerprint density at radius 2 is 1.33 bits per heavy atom. The molecule has 0 bridgehead atoms. The maximum atomic E-state index is 13.1. The Morgan fingerprint density at radius 3 is 1.83 bits per heavy atom. The third-order valence-electron chi connectivity index (χ3n) is 6.37. The first-order valence-electron chi connectivity index (χ1n) is 10.7. The lowest BCUT2D eigenvalue weighted by atomic mass is 9.82. The molecule has 2 aromatic heterocycles. The summed E-state index contributed by atoms with van der Waals surface area (Å²) in [5.74, 6) is -1.86. The second-order valence-corrected chi connectivity index (χ2v) is 8.46. The van der Waals surface area contributed by atoms with Crippen molar-refractivity contribution < 1.29 is 30.3 Å². The molecule has 5 atom stereocenters. The van der Waals surface area contributed by atoms with Crippen LogP contribution in [0.25, 0.3) is 0 Å². The number of fused-ring (bicyclic) bond motifs is 2. The van der Waals surface area contributed by atoms with Gasteiger partial charge in [0.1, 0.15) is 41.7 Å². The van der Waals surface area contributed by atoms with E-state index in [0.29, 0.717) is 5.56 Å². The van der Waals surface area contributed by atoms with Gasteiger partial charge in [0.2, 0.25) is 0 Å². The molecule has 9 N–H and O–H groups in total. The van der Waals surface area contributed by atoms with Crippen molar-refractivity contribution >= 4 is 11.6 Å². The zero-order chi connectivity index (χ0) is 25.9. The maximum Gasteiger partial charge on any atom is 0.327 e. The summed E-state index contributed by atoms with van der Waals surface area (Å²) < 4.78 is 5.23. The fraction of sp³-hybridized carbons (Fsp3) is 0.333. The average Bonchev–Trinajstić information content (AvgIpc) is 2.82. The van der Waals surface area contributed by atoms with Gasteiger partial charge in [0.05, 0.1) is 23.7 Å². The molecule has 1 saturated heterocycles. The minimum Gasteiger partial charge on any atom is -0.508 e. The van der Waals surface area contributed by atoms with Crippen LogP contribution in [0.3, 0.4) is 0 Å². The van der Waals surface area contributed by atoms with Gasteiger partial charge in [-0.25, -0.2) is 9.59 Å². The molecule has 3 aromatic rings. The summed E-state index contributed by atoms with van der Waals surface area (Å²) >= 11 is 0. The van der Waals surface area contributed by atoms with Crippen LogP contribution >= 0.6 is 0 Å². The van der Waals surface area contributed by atoms with Gasteiger partial charge in [0.25, 0.3) is 11.1 Å². The topological polar surface area (TPSA) is 245 Å². The van der Waals surface area contributed by atoms with E-state index in [1.54, 1.807) is 0 Å². The van der Waals surface area contributed by atoms with Crippen LogP contribution in [0.15, 0.2) is 43.4 Å². The van der Waals surface area contributed by atoms with Crippen molar-refractivity contribution in [1.82, 2.24) is 19.9 Å². The number of benzene rings is 1. The Morgan fingerprint density at radius 1 is 0.806 bits per heavy atom. The summed E-state index contributed by atoms with van der Waals surface area (Å²) in [5, 5.41) is 51.2. The second-order valence-electron chi connectivity index (χ2n) is 8.46. The Labute approximate surface area is 198 Å². The van der Waals surface area contributed by atoms with Crippen LogP contribution in [0.5, 0.6) is 5.75 Å². The molecular weight excluding hydrogens is 482 g/mol. The van der Waals surface area contributed by atoms with E-state index < -0.39 is 65.7 Å². The zero-order valence-electron chi connectivity index (χ0n) is 18.2. The normalized spacial score (nSPS) is 25.9. The highest BCUT2D eigenvalue weighted by Gasteiger charge is 2.51. The largest absolute Gasteiger partial charge is 0.508 e. The summed E-state index contributed by atoms with van der Waals surface area (Å²) in [6.45, 7) is -0.745. The summed E-state index contributed by atoms with van der Waals surface area (Å²) in [7, 11) is 0. The average molecular weight is 503 g/mol. The number of phenolic OH excluding ortho intramolecular Hbond substituents is 1. The highest BCUT2D eigenvalue weighted by molar-refractivity contribution is 5.73. The molecule has 0 radical (unpaired) electrons. The van der Waals surface area contributed by atoms with Gasteiger partial charge in [-0.2, -0.15) is 0 Å². The van der Waals surface area contributed by atoms with E-state index >= 15 is 0 Å². The number of aliphatic hydroxyl groups excluding tert-OH is 4. The van der Waals surface area contributed by atoms with Gasteiger partial charge in [-0.1, -0.05) is 12.1 Å². The fourth-order valence-corrected chi connectivity index (χ4v) is 4.80. The summed E-state index contributed by atoms with van der Waals surface area (Å²) in [6.07, 6.45) is -6.86. The Hall–Kier alpha value is -4.02. The van der Waals surface area contributed by atoms with E-state index in [-0.39, 0.29) is 28.5 Å². The number of nitrogens with zero attached hydrogens (tertiary/aromatic N) is 1. The van der Waals surface area contributed by atoms with Crippen LogP contribution in [0.4, 0.5) is 11.6 Å². The molecule has 190 valence electrons. The Bertz CT molecular complexity index is 1470. The number of H-pyrrole nitrogens is 4. The number of anilines is 2. The van der Waals surface area contributed by atoms with E-state index in [9.17, 15) is 44.7 Å². The number of phenols is 1. The lowest BCUT2D eigenvalue weighted by molar-refractivity contribution is -0.248. The van der Waals surface area contributed by atoms with Crippen molar-refractivity contribution in [2.24, 2.45) is 0 Å². The minimum absolute atomic E-state index is 0.0968. The van der Waals surface area contributed by atoms with Crippen LogP contribution in [-0.2, 0) is 4.74 Å². The molecule has 4 heterocycles. The molecule has 1 fully saturated rings. The van der Waals surface area contributed by atoms with Gasteiger partial charge in [-0.05, 0) is 17.7 Å². The van der Waals surface area contributed by atoms with Gasteiger partial charge < -0.3 is 35.2 Å². The van der Waals surface area contributed by atoms with Crippen molar-refractivity contribution in [1.29, 1.82) is 0 Å². The van der Waals surface area contributed by atoms with E-state index in [1.165, 1.54) is 24.3 Å². The third kappa shape index (κ3) is 3.57. The lowest BCUT2D eigenvalue weighted by Gasteiger charge is -2.47. The molecule has 15 nitrogen and oxygen atoms in total. The summed E-state index contributed by atoms with van der Waals surface area (Å²) in [6, 6.07) is 3.84. The quantitative estimate of drug-likeness (QED) is 0.170. The minimum atomic E-state index is -1.92. The lowest BCUT2D eigenvalue weighted by Crippen LogP contribution is -2.64. The van der Waals surface area contributed by atoms with Gasteiger partial charge in [-0.3, -0.25) is 29.5 Å². The zero-order valence-corrected chi connectivity index (χ0v) is 18.2. The molecule has 0 spiro atoms. The number of aromatic hydroxyl groups is 1. The van der Waals surface area contributed by atoms with Crippen molar-refractivity contribution in [2.75, 3.05) is 11.5 Å². The van der Waals surface area contributed by atoms with Gasteiger partial charge in [0.15, 0.2) is 6.29 Å². The Kier molecular flexibility index (Phi) is 5.65. The number of aliphatic hydroxyl groups is 4. The number of rotatable bonds is 3. The summed E-state index contributed by atoms with van der Waals surface area (Å²) in [5.41, 5.74) is -3.83. The third-order valence-corrected chi connectivity index (χ3v) is 6.37. The number of aromatic amines is 4. The molecule has 1 aromatic carbocycles. The summed E-state index contributed by atoms with van der Waals surface area (Å²) in [4.78, 5) is 60.7. The predicted molar refractivity (Wildman–Crippen MR) is 120 cm³/mol. The number of hydrogen-bond acceptors (Lipinski definition) is 11. The van der Waals surface area contributed by atoms with E-state index in [1.807, 2.05) is 0 Å². The molecule has 36 heavy (non-hydrogen) atoms. The molecule has 2 unspecified atom stereocenters. The molecule has 2 aliphatic rings. The monoisotopic (exact) mass is 503 g/mol. The van der Waals surface area contributed by atoms with Crippen LogP contribution in [0, 0.1) is 0 Å². The molecule has 0 aliphatic carbocycles. The molecule has 5 rings (SSSR count). The molecule has 0 saturated carbocycles. The van der Waals surface area contributed by atoms with Gasteiger partial charge in [-0.15, -0.1) is 0 Å². The van der Waals surface area contributed by atoms with Crippen molar-refractivity contribution in [3.05, 3.63) is 82.6 Å². The van der Waals surface area contributed by atoms with Crippen molar-refractivity contribution in [2.45, 2.75) is 36.6 Å². The smallest absolute Gasteiger partial charge is 0.327 e. The highest BCUT2D eigenvalue weighted by atomic mass is 16.6. The molecule has 0 amide bonds. The first-order valence-corrected chi connectivity index (χ1v) is 10.7. The standard InChI is InChI=1S/C21H21N5O10/c27-5-8-13(29)14(30)12(19(33)36-8)26-15-10(17(31)24-20(34)22-15)9(6-1-3-7(28)4-2-6)11-16(26)23-21(35)25-18(11)32/h1-4,8-9,12-14,19,27-30,33H,5H2,(H2,22,24,31,34)(H2,23,25,32,35)/t8-,12-,13-,14?,19?/m1/s1. The highest BCUT2D eigenvalue weighted by Crippen LogP contribution is 2.45. The Balaban J connectivity index is 1.84. The molecule has 2 aliphatic heterocycles. The SMILES string of the molecule is O=c1[nH]c2c(c(=O)[nH]1)C(c1ccc(O)cc1)c1c([nH]c(=O)[nH]c1=O)N2[C@H]1C(O)O[C@H](CO)[C@@H](O)C1O. The van der Waals surface area contributed by atoms with Crippen LogP contribution in [0.2, 0.25) is 0 Å². The first kappa shape index (κ1) is 23.7. The fourth-order valence-electron chi connectivity index (χ4n) is 4.80. The van der Waals surface area contributed by atoms with Crippen molar-refractivity contribution in [3.8, 4) is 5.75 Å². The predicted octanol–water partition coefficient (Wildman–Crippen LogP) is -3.42. The first-order chi connectivity index (χ1) is 17.1. The van der Waals surface area contributed by atoms with Crippen molar-refractivity contribution in [3.63, 3.8) is 0 Å². The van der Waals surface area contributed by atoms with E-state index in [2.05, 4.69) is 19.9 Å². The molecule has 15 heteroatoms. The van der Waals surface area contributed by atoms with E-state index in [4.69, 9.17) is 4.74 Å². The van der Waals surface area contributed by atoms with Crippen LogP contribution in [0.1, 0.15) is 22.6 Å².